The van der Waals surface area contributed by atoms with Crippen molar-refractivity contribution in [2.75, 3.05) is 24.7 Å². The minimum Gasteiger partial charge on any atom is -0.384 e. The van der Waals surface area contributed by atoms with Crippen LogP contribution in [0.1, 0.15) is 26.5 Å². The third kappa shape index (κ3) is 2.94. The van der Waals surface area contributed by atoms with E-state index in [-0.39, 0.29) is 6.04 Å². The van der Waals surface area contributed by atoms with Gasteiger partial charge in [-0.25, -0.2) is 4.98 Å². The number of rotatable bonds is 2. The summed E-state index contributed by atoms with van der Waals surface area (Å²) in [5, 5.41) is 10.6. The standard InChI is InChI=1S/C13H19ClN2O2/c1-9-8-18-5-4-16(9)12-7-10(14)6-11(15-12)13(2,3)17/h6-7,9,17H,4-5,8H2,1-3H3. The summed E-state index contributed by atoms with van der Waals surface area (Å²) in [5.74, 6) is 0.801. The molecular formula is C13H19ClN2O2. The number of hydrogen-bond donors (Lipinski definition) is 1. The van der Waals surface area contributed by atoms with E-state index >= 15 is 0 Å². The minimum absolute atomic E-state index is 0.263. The SMILES string of the molecule is CC1COCCN1c1cc(Cl)cc(C(C)(C)O)n1. The second-order valence-electron chi connectivity index (χ2n) is 5.21. The predicted molar refractivity (Wildman–Crippen MR) is 72.1 cm³/mol. The summed E-state index contributed by atoms with van der Waals surface area (Å²) < 4.78 is 5.41. The van der Waals surface area contributed by atoms with Crippen LogP contribution in [0.4, 0.5) is 5.82 Å². The Balaban J connectivity index is 2.35. The zero-order chi connectivity index (χ0) is 13.3. The molecule has 1 aliphatic rings. The summed E-state index contributed by atoms with van der Waals surface area (Å²) in [7, 11) is 0. The lowest BCUT2D eigenvalue weighted by molar-refractivity contribution is 0.0735. The van der Waals surface area contributed by atoms with E-state index in [1.54, 1.807) is 19.9 Å². The molecule has 0 saturated carbocycles. The number of halogens is 1. The molecule has 1 aliphatic heterocycles. The Morgan fingerprint density at radius 2 is 2.22 bits per heavy atom. The van der Waals surface area contributed by atoms with Gasteiger partial charge in [-0.2, -0.15) is 0 Å². The topological polar surface area (TPSA) is 45.6 Å². The van der Waals surface area contributed by atoms with Gasteiger partial charge in [-0.3, -0.25) is 0 Å². The van der Waals surface area contributed by atoms with Gasteiger partial charge in [0.1, 0.15) is 11.4 Å². The van der Waals surface area contributed by atoms with Crippen molar-refractivity contribution in [3.63, 3.8) is 0 Å². The highest BCUT2D eigenvalue weighted by atomic mass is 35.5. The van der Waals surface area contributed by atoms with E-state index in [2.05, 4.69) is 16.8 Å². The Bertz CT molecular complexity index is 431. The zero-order valence-electron chi connectivity index (χ0n) is 11.0. The molecule has 100 valence electrons. The maximum atomic E-state index is 10.0. The zero-order valence-corrected chi connectivity index (χ0v) is 11.7. The van der Waals surface area contributed by atoms with Crippen molar-refractivity contribution in [2.45, 2.75) is 32.4 Å². The first-order valence-corrected chi connectivity index (χ1v) is 6.50. The van der Waals surface area contributed by atoms with Crippen LogP contribution in [0.15, 0.2) is 12.1 Å². The summed E-state index contributed by atoms with van der Waals surface area (Å²) in [6.07, 6.45) is 0. The fraction of sp³-hybridized carbons (Fsp3) is 0.615. The highest BCUT2D eigenvalue weighted by Crippen LogP contribution is 2.27. The highest BCUT2D eigenvalue weighted by Gasteiger charge is 2.24. The number of ether oxygens (including phenoxy) is 1. The number of hydrogen-bond acceptors (Lipinski definition) is 4. The van der Waals surface area contributed by atoms with Gasteiger partial charge in [0.05, 0.1) is 24.9 Å². The molecule has 1 unspecified atom stereocenters. The molecule has 0 spiro atoms. The first-order valence-electron chi connectivity index (χ1n) is 6.13. The van der Waals surface area contributed by atoms with E-state index < -0.39 is 5.60 Å². The highest BCUT2D eigenvalue weighted by molar-refractivity contribution is 6.30. The van der Waals surface area contributed by atoms with Gasteiger partial charge in [-0.05, 0) is 32.9 Å². The van der Waals surface area contributed by atoms with Gasteiger partial charge in [0.2, 0.25) is 0 Å². The second-order valence-corrected chi connectivity index (χ2v) is 5.64. The number of aliphatic hydroxyl groups is 1. The molecule has 5 heteroatoms. The molecule has 0 radical (unpaired) electrons. The van der Waals surface area contributed by atoms with Crippen molar-refractivity contribution in [2.24, 2.45) is 0 Å². The maximum absolute atomic E-state index is 10.0. The predicted octanol–water partition coefficient (Wildman–Crippen LogP) is 2.19. The molecule has 1 aromatic heterocycles. The van der Waals surface area contributed by atoms with Gasteiger partial charge in [-0.15, -0.1) is 0 Å². The summed E-state index contributed by atoms with van der Waals surface area (Å²) in [5.41, 5.74) is -0.404. The number of nitrogens with zero attached hydrogens (tertiary/aromatic N) is 2. The molecule has 1 fully saturated rings. The van der Waals surface area contributed by atoms with Crippen LogP contribution in [0.5, 0.6) is 0 Å². The van der Waals surface area contributed by atoms with E-state index in [4.69, 9.17) is 16.3 Å². The van der Waals surface area contributed by atoms with Crippen LogP contribution in [0, 0.1) is 0 Å². The smallest absolute Gasteiger partial charge is 0.130 e. The summed E-state index contributed by atoms with van der Waals surface area (Å²) in [4.78, 5) is 6.67. The molecule has 0 aliphatic carbocycles. The van der Waals surface area contributed by atoms with Crippen molar-refractivity contribution in [3.05, 3.63) is 22.8 Å². The molecule has 1 saturated heterocycles. The van der Waals surface area contributed by atoms with E-state index in [1.807, 2.05) is 6.07 Å². The number of anilines is 1. The van der Waals surface area contributed by atoms with Crippen molar-refractivity contribution in [1.82, 2.24) is 4.98 Å². The lowest BCUT2D eigenvalue weighted by Crippen LogP contribution is -2.44. The molecule has 2 rings (SSSR count). The average molecular weight is 271 g/mol. The quantitative estimate of drug-likeness (QED) is 0.895. The van der Waals surface area contributed by atoms with Crippen LogP contribution in [-0.4, -0.2) is 35.9 Å². The van der Waals surface area contributed by atoms with Crippen LogP contribution in [0.25, 0.3) is 0 Å². The van der Waals surface area contributed by atoms with Crippen LogP contribution in [0.2, 0.25) is 5.02 Å². The third-order valence-electron chi connectivity index (χ3n) is 3.07. The summed E-state index contributed by atoms with van der Waals surface area (Å²) in [6, 6.07) is 3.80. The van der Waals surface area contributed by atoms with Gasteiger partial charge in [0, 0.05) is 11.6 Å². The molecule has 4 nitrogen and oxygen atoms in total. The molecule has 1 atom stereocenters. The summed E-state index contributed by atoms with van der Waals surface area (Å²) in [6.45, 7) is 7.67. The number of aromatic nitrogens is 1. The van der Waals surface area contributed by atoms with Crippen LogP contribution in [0.3, 0.4) is 0 Å². The molecule has 1 aromatic rings. The lowest BCUT2D eigenvalue weighted by atomic mass is 10.0. The van der Waals surface area contributed by atoms with Gasteiger partial charge < -0.3 is 14.7 Å². The third-order valence-corrected chi connectivity index (χ3v) is 3.28. The number of pyridine rings is 1. The Kier molecular flexibility index (Phi) is 3.80. The first-order chi connectivity index (χ1) is 8.38. The largest absolute Gasteiger partial charge is 0.384 e. The Morgan fingerprint density at radius 3 is 2.83 bits per heavy atom. The maximum Gasteiger partial charge on any atom is 0.130 e. The molecule has 0 aromatic carbocycles. The van der Waals surface area contributed by atoms with E-state index in [1.165, 1.54) is 0 Å². The van der Waals surface area contributed by atoms with E-state index in [9.17, 15) is 5.11 Å². The van der Waals surface area contributed by atoms with Gasteiger partial charge in [-0.1, -0.05) is 11.6 Å². The molecule has 0 bridgehead atoms. The fourth-order valence-electron chi connectivity index (χ4n) is 2.01. The lowest BCUT2D eigenvalue weighted by Gasteiger charge is -2.35. The second kappa shape index (κ2) is 5.03. The molecular weight excluding hydrogens is 252 g/mol. The van der Waals surface area contributed by atoms with Crippen molar-refractivity contribution in [3.8, 4) is 0 Å². The molecule has 2 heterocycles. The van der Waals surface area contributed by atoms with Gasteiger partial charge in [0.25, 0.3) is 0 Å². The Morgan fingerprint density at radius 1 is 1.50 bits per heavy atom. The fourth-order valence-corrected chi connectivity index (χ4v) is 2.21. The van der Waals surface area contributed by atoms with Crippen LogP contribution < -0.4 is 4.90 Å². The van der Waals surface area contributed by atoms with Gasteiger partial charge in [0.15, 0.2) is 0 Å². The van der Waals surface area contributed by atoms with Crippen molar-refractivity contribution < 1.29 is 9.84 Å². The van der Waals surface area contributed by atoms with E-state index in [0.717, 1.165) is 12.4 Å². The summed E-state index contributed by atoms with van der Waals surface area (Å²) >= 11 is 6.11. The average Bonchev–Trinajstić information content (AvgIpc) is 2.27. The normalized spacial score (nSPS) is 21.2. The minimum atomic E-state index is -0.991. The Labute approximate surface area is 113 Å². The molecule has 0 amide bonds. The van der Waals surface area contributed by atoms with Gasteiger partial charge >= 0.3 is 0 Å². The van der Waals surface area contributed by atoms with Crippen LogP contribution >= 0.6 is 11.6 Å². The molecule has 1 N–H and O–H groups in total. The van der Waals surface area contributed by atoms with E-state index in [0.29, 0.717) is 23.9 Å². The monoisotopic (exact) mass is 270 g/mol. The van der Waals surface area contributed by atoms with Crippen molar-refractivity contribution in [1.29, 1.82) is 0 Å². The number of morpholine rings is 1. The van der Waals surface area contributed by atoms with Crippen molar-refractivity contribution >= 4 is 17.4 Å². The first kappa shape index (κ1) is 13.6. The molecule has 18 heavy (non-hydrogen) atoms. The van der Waals surface area contributed by atoms with Crippen LogP contribution in [-0.2, 0) is 10.3 Å². The Hall–Kier alpha value is -0.840.